The van der Waals surface area contributed by atoms with Crippen LogP contribution in [0.3, 0.4) is 0 Å². The van der Waals surface area contributed by atoms with Crippen LogP contribution in [-0.4, -0.2) is 90.6 Å². The SMILES string of the molecule is COc1cnc(O[C@@H]2C[C@H]3C(=O)C[C@]4(C(=O)NS(=O)(=O)C5(CF)CC5)C[C@H]4/C=C\CC[C@H](C)C[C@@H](C)[C@H](CC(=O)OC(C)(C)C(C)(F)F)C(=O)N3C2)c2ccccc12. The molecule has 318 valence electrons. The van der Waals surface area contributed by atoms with Gasteiger partial charge in [0.05, 0.1) is 43.6 Å². The Balaban J connectivity index is 1.36. The van der Waals surface area contributed by atoms with Crippen molar-refractivity contribution >= 4 is 44.4 Å². The lowest BCUT2D eigenvalue weighted by molar-refractivity contribution is -0.197. The van der Waals surface area contributed by atoms with Gasteiger partial charge in [-0.2, -0.15) is 0 Å². The van der Waals surface area contributed by atoms with Gasteiger partial charge in [-0.15, -0.1) is 0 Å². The maximum Gasteiger partial charge on any atom is 0.307 e. The van der Waals surface area contributed by atoms with E-state index in [9.17, 15) is 40.8 Å². The third kappa shape index (κ3) is 8.58. The van der Waals surface area contributed by atoms with Gasteiger partial charge in [0.2, 0.25) is 27.7 Å². The Hall–Kier alpha value is -4.21. The highest BCUT2D eigenvalue weighted by Crippen LogP contribution is 2.58. The van der Waals surface area contributed by atoms with Gasteiger partial charge in [-0.05, 0) is 76.2 Å². The number of sulfonamides is 1. The highest BCUT2D eigenvalue weighted by Gasteiger charge is 2.63. The number of nitrogens with zero attached hydrogens (tertiary/aromatic N) is 2. The molecule has 3 fully saturated rings. The fraction of sp³-hybridized carbons (Fsp3) is 0.643. The van der Waals surface area contributed by atoms with E-state index in [1.54, 1.807) is 12.1 Å². The van der Waals surface area contributed by atoms with E-state index in [1.165, 1.54) is 18.2 Å². The smallest absolute Gasteiger partial charge is 0.307 e. The molecule has 12 nitrogen and oxygen atoms in total. The molecule has 2 aromatic rings. The number of benzene rings is 1. The summed E-state index contributed by atoms with van der Waals surface area (Å²) >= 11 is 0. The molecule has 1 aromatic carbocycles. The van der Waals surface area contributed by atoms with E-state index < -0.39 is 105 Å². The second-order valence-corrected chi connectivity index (χ2v) is 19.6. The molecule has 3 heterocycles. The molecule has 6 rings (SSSR count). The Bertz CT molecular complexity index is 2070. The number of methoxy groups -OCH3 is 1. The molecule has 0 spiro atoms. The highest BCUT2D eigenvalue weighted by atomic mass is 32.2. The second kappa shape index (κ2) is 16.1. The van der Waals surface area contributed by atoms with E-state index in [0.717, 1.165) is 13.8 Å². The maximum absolute atomic E-state index is 14.9. The zero-order valence-electron chi connectivity index (χ0n) is 33.9. The first-order valence-corrected chi connectivity index (χ1v) is 21.5. The van der Waals surface area contributed by atoms with Crippen LogP contribution in [0.2, 0.25) is 0 Å². The highest BCUT2D eigenvalue weighted by molar-refractivity contribution is 7.91. The lowest BCUT2D eigenvalue weighted by Crippen LogP contribution is -2.49. The number of carbonyl (C=O) groups is 4. The van der Waals surface area contributed by atoms with E-state index >= 15 is 0 Å². The third-order valence-corrected chi connectivity index (χ3v) is 15.0. The van der Waals surface area contributed by atoms with Crippen molar-refractivity contribution in [3.05, 3.63) is 42.6 Å². The second-order valence-electron chi connectivity index (χ2n) is 17.5. The summed E-state index contributed by atoms with van der Waals surface area (Å²) in [6.07, 6.45) is 5.52. The standard InChI is InChI=1S/C42H54F3N3O9S/c1-25-11-7-8-12-27-20-42(27,38(52)47-58(53,54)41(24-43)15-16-41)21-33(49)32-18-28(56-36-30-14-10-9-13-29(30)34(55-6)22-46-36)23-48(32)37(51)31(26(2)17-25)19-35(50)57-39(3,4)40(5,44)45/h8-10,12-14,22,25-28,31-32H,7,11,15-21,23-24H2,1-6H3,(H,47,52)/b12-8-/t25-,26+,27+,28+,31-,32-,42+/m0/s1. The monoisotopic (exact) mass is 833 g/mol. The molecule has 2 saturated carbocycles. The first kappa shape index (κ1) is 43.4. The van der Waals surface area contributed by atoms with Crippen molar-refractivity contribution in [3.63, 3.8) is 0 Å². The van der Waals surface area contributed by atoms with E-state index in [1.807, 2.05) is 38.1 Å². The molecule has 0 radical (unpaired) electrons. The summed E-state index contributed by atoms with van der Waals surface area (Å²) in [7, 11) is -2.88. The van der Waals surface area contributed by atoms with Crippen molar-refractivity contribution in [1.29, 1.82) is 0 Å². The third-order valence-electron chi connectivity index (χ3n) is 12.8. The number of hydrogen-bond acceptors (Lipinski definition) is 10. The molecule has 2 aliphatic heterocycles. The van der Waals surface area contributed by atoms with E-state index in [4.69, 9.17) is 14.2 Å². The molecule has 16 heteroatoms. The van der Waals surface area contributed by atoms with Crippen LogP contribution in [0.15, 0.2) is 42.6 Å². The largest absolute Gasteiger partial charge is 0.494 e. The van der Waals surface area contributed by atoms with Crippen LogP contribution in [0, 0.1) is 29.1 Å². The molecule has 7 atom stereocenters. The number of aromatic nitrogens is 1. The average Bonchev–Trinajstić information content (AvgIpc) is 4.06. The summed E-state index contributed by atoms with van der Waals surface area (Å²) in [5, 5.41) is 1.34. The quantitative estimate of drug-likeness (QED) is 0.196. The van der Waals surface area contributed by atoms with Gasteiger partial charge in [-0.3, -0.25) is 23.9 Å². The Kier molecular flexibility index (Phi) is 12.0. The van der Waals surface area contributed by atoms with Crippen molar-refractivity contribution < 1.29 is 55.0 Å². The van der Waals surface area contributed by atoms with Crippen LogP contribution in [0.1, 0.15) is 92.4 Å². The van der Waals surface area contributed by atoms with Crippen LogP contribution in [-0.2, 0) is 33.9 Å². The molecule has 0 unspecified atom stereocenters. The zero-order valence-corrected chi connectivity index (χ0v) is 34.7. The number of ether oxygens (including phenoxy) is 3. The first-order valence-electron chi connectivity index (χ1n) is 20.0. The van der Waals surface area contributed by atoms with Crippen molar-refractivity contribution in [2.45, 2.75) is 121 Å². The number of carbonyl (C=O) groups excluding carboxylic acids is 4. The molecule has 58 heavy (non-hydrogen) atoms. The number of ketones is 1. The summed E-state index contributed by atoms with van der Waals surface area (Å²) in [6, 6.07) is 6.09. The summed E-state index contributed by atoms with van der Waals surface area (Å²) in [4.78, 5) is 62.7. The predicted octanol–water partition coefficient (Wildman–Crippen LogP) is 6.50. The Labute approximate surface area is 337 Å². The molecule has 2 aliphatic carbocycles. The van der Waals surface area contributed by atoms with Gasteiger partial charge in [0.25, 0.3) is 5.92 Å². The lowest BCUT2D eigenvalue weighted by atomic mass is 9.82. The zero-order chi connectivity index (χ0) is 42.4. The number of amides is 2. The van der Waals surface area contributed by atoms with Crippen LogP contribution in [0.25, 0.3) is 10.8 Å². The molecular formula is C42H54F3N3O9S. The van der Waals surface area contributed by atoms with E-state index in [0.29, 0.717) is 42.7 Å². The number of fused-ring (bicyclic) bond motifs is 3. The van der Waals surface area contributed by atoms with Crippen LogP contribution in [0.5, 0.6) is 11.6 Å². The molecular weight excluding hydrogens is 780 g/mol. The Morgan fingerprint density at radius 3 is 2.40 bits per heavy atom. The molecule has 2 amide bonds. The van der Waals surface area contributed by atoms with Crippen molar-refractivity contribution in [2.75, 3.05) is 20.3 Å². The number of allylic oxidation sites excluding steroid dienone is 2. The maximum atomic E-state index is 14.9. The fourth-order valence-corrected chi connectivity index (χ4v) is 9.84. The number of esters is 1. The number of alkyl halides is 3. The Morgan fingerprint density at radius 1 is 1.07 bits per heavy atom. The summed E-state index contributed by atoms with van der Waals surface area (Å²) < 4.78 is 86.8. The number of Topliss-reactive ketones (excluding diaryl/α,β-unsaturated/α-hetero) is 1. The number of hydrogen-bond donors (Lipinski definition) is 1. The van der Waals surface area contributed by atoms with Gasteiger partial charge in [0, 0.05) is 30.5 Å². The van der Waals surface area contributed by atoms with Crippen molar-refractivity contribution in [1.82, 2.24) is 14.6 Å². The first-order chi connectivity index (χ1) is 27.2. The van der Waals surface area contributed by atoms with Gasteiger partial charge in [0.15, 0.2) is 11.4 Å². The van der Waals surface area contributed by atoms with E-state index in [-0.39, 0.29) is 44.0 Å². The van der Waals surface area contributed by atoms with Crippen LogP contribution >= 0.6 is 0 Å². The molecule has 4 aliphatic rings. The minimum absolute atomic E-state index is 0.0227. The topological polar surface area (TPSA) is 158 Å². The number of pyridine rings is 1. The van der Waals surface area contributed by atoms with Gasteiger partial charge >= 0.3 is 5.97 Å². The van der Waals surface area contributed by atoms with Crippen molar-refractivity contribution in [3.8, 4) is 11.6 Å². The number of nitrogens with one attached hydrogen (secondary N) is 1. The minimum atomic E-state index is -4.39. The normalized spacial score (nSPS) is 29.6. The predicted molar refractivity (Wildman–Crippen MR) is 208 cm³/mol. The average molecular weight is 834 g/mol. The summed E-state index contributed by atoms with van der Waals surface area (Å²) in [5.74, 6) is -7.59. The van der Waals surface area contributed by atoms with E-state index in [2.05, 4.69) is 9.71 Å². The number of halogens is 3. The van der Waals surface area contributed by atoms with Gasteiger partial charge in [-0.25, -0.2) is 26.6 Å². The van der Waals surface area contributed by atoms with Gasteiger partial charge < -0.3 is 19.1 Å². The summed E-state index contributed by atoms with van der Waals surface area (Å²) in [5.41, 5.74) is -3.63. The fourth-order valence-electron chi connectivity index (χ4n) is 8.39. The molecule has 0 bridgehead atoms. The van der Waals surface area contributed by atoms with Crippen LogP contribution < -0.4 is 14.2 Å². The van der Waals surface area contributed by atoms with Crippen LogP contribution in [0.4, 0.5) is 13.2 Å². The van der Waals surface area contributed by atoms with Gasteiger partial charge in [0.1, 0.15) is 23.3 Å². The van der Waals surface area contributed by atoms with Gasteiger partial charge in [-0.1, -0.05) is 44.2 Å². The molecule has 1 N–H and O–H groups in total. The number of rotatable bonds is 11. The Morgan fingerprint density at radius 2 is 1.76 bits per heavy atom. The minimum Gasteiger partial charge on any atom is -0.494 e. The lowest BCUT2D eigenvalue weighted by Gasteiger charge is -2.34. The molecule has 1 aromatic heterocycles. The van der Waals surface area contributed by atoms with Crippen molar-refractivity contribution in [2.24, 2.45) is 29.1 Å². The molecule has 1 saturated heterocycles. The summed E-state index contributed by atoms with van der Waals surface area (Å²) in [6.45, 7) is 5.40.